The van der Waals surface area contributed by atoms with Crippen LogP contribution in [-0.4, -0.2) is 66.9 Å². The summed E-state index contributed by atoms with van der Waals surface area (Å²) in [6, 6.07) is 16.1. The van der Waals surface area contributed by atoms with E-state index in [2.05, 4.69) is 29.3 Å². The number of nitrogens with one attached hydrogen (secondary N) is 1. The van der Waals surface area contributed by atoms with Crippen molar-refractivity contribution in [3.05, 3.63) is 59.7 Å². The summed E-state index contributed by atoms with van der Waals surface area (Å²) in [6.45, 7) is 0.494. The lowest BCUT2D eigenvalue weighted by Crippen LogP contribution is -2.48. The zero-order valence-corrected chi connectivity index (χ0v) is 17.2. The minimum absolute atomic E-state index is 0.0377. The molecular weight excluding hydrogens is 412 g/mol. The fourth-order valence-corrected chi connectivity index (χ4v) is 3.95. The highest BCUT2D eigenvalue weighted by molar-refractivity contribution is 5.94. The molecule has 1 aliphatic heterocycles. The van der Waals surface area contributed by atoms with Crippen LogP contribution < -0.4 is 5.32 Å². The number of carboxylic acids is 1. The van der Waals surface area contributed by atoms with Crippen LogP contribution in [0.15, 0.2) is 48.5 Å². The second-order valence-electron chi connectivity index (χ2n) is 7.43. The molecule has 1 heterocycles. The Labute approximate surface area is 185 Å². The van der Waals surface area contributed by atoms with Gasteiger partial charge >= 0.3 is 12.1 Å². The Balaban J connectivity index is 1.27. The van der Waals surface area contributed by atoms with Crippen LogP contribution in [0.5, 0.6) is 0 Å². The minimum atomic E-state index is -1.12. The van der Waals surface area contributed by atoms with Gasteiger partial charge in [0.05, 0.1) is 19.7 Å². The second kappa shape index (κ2) is 9.54. The zero-order chi connectivity index (χ0) is 22.5. The number of carboxylic acid groups (broad SMARTS) is 1. The number of aliphatic carboxylic acids is 1. The highest BCUT2D eigenvalue weighted by Crippen LogP contribution is 2.44. The summed E-state index contributed by atoms with van der Waals surface area (Å²) < 4.78 is 10.5. The molecule has 0 aromatic heterocycles. The number of nitrogens with zero attached hydrogens (tertiary/aromatic N) is 1. The smallest absolute Gasteiger partial charge is 0.407 e. The quantitative estimate of drug-likeness (QED) is 0.712. The Morgan fingerprint density at radius 2 is 1.75 bits per heavy atom. The van der Waals surface area contributed by atoms with E-state index in [-0.39, 0.29) is 38.8 Å². The van der Waals surface area contributed by atoms with Gasteiger partial charge in [-0.1, -0.05) is 54.5 Å². The van der Waals surface area contributed by atoms with E-state index in [0.717, 1.165) is 22.3 Å². The SMILES string of the molecule is O=C(NCC#CC(=O)N1CCOC(C(=O)O)C1)OCC1c2ccccc2-c2ccccc21. The average molecular weight is 434 g/mol. The molecule has 0 bridgehead atoms. The monoisotopic (exact) mass is 434 g/mol. The highest BCUT2D eigenvalue weighted by atomic mass is 16.5. The summed E-state index contributed by atoms with van der Waals surface area (Å²) in [4.78, 5) is 36.5. The van der Waals surface area contributed by atoms with E-state index in [1.54, 1.807) is 0 Å². The highest BCUT2D eigenvalue weighted by Gasteiger charge is 2.29. The molecule has 1 atom stereocenters. The first-order valence-electron chi connectivity index (χ1n) is 10.3. The van der Waals surface area contributed by atoms with Crippen molar-refractivity contribution in [1.29, 1.82) is 0 Å². The van der Waals surface area contributed by atoms with Gasteiger partial charge < -0.3 is 24.8 Å². The molecule has 2 aromatic carbocycles. The number of fused-ring (bicyclic) bond motifs is 3. The molecule has 2 aromatic rings. The maximum Gasteiger partial charge on any atom is 0.407 e. The molecule has 8 heteroatoms. The second-order valence-corrected chi connectivity index (χ2v) is 7.43. The number of carbonyl (C=O) groups is 3. The summed E-state index contributed by atoms with van der Waals surface area (Å²) in [7, 11) is 0. The van der Waals surface area contributed by atoms with Gasteiger partial charge in [0.25, 0.3) is 5.91 Å². The molecular formula is C24H22N2O6. The van der Waals surface area contributed by atoms with Gasteiger partial charge in [-0.25, -0.2) is 9.59 Å². The van der Waals surface area contributed by atoms with Crippen molar-refractivity contribution in [2.24, 2.45) is 0 Å². The Hall–Kier alpha value is -3.83. The van der Waals surface area contributed by atoms with E-state index < -0.39 is 24.1 Å². The number of alkyl carbamates (subject to hydrolysis) is 1. The summed E-state index contributed by atoms with van der Waals surface area (Å²) >= 11 is 0. The van der Waals surface area contributed by atoms with Crippen molar-refractivity contribution in [3.8, 4) is 23.0 Å². The van der Waals surface area contributed by atoms with Crippen LogP contribution in [0.4, 0.5) is 4.79 Å². The van der Waals surface area contributed by atoms with Crippen LogP contribution in [-0.2, 0) is 19.1 Å². The van der Waals surface area contributed by atoms with Crippen LogP contribution in [0, 0.1) is 11.8 Å². The molecule has 2 aliphatic rings. The van der Waals surface area contributed by atoms with Crippen LogP contribution >= 0.6 is 0 Å². The van der Waals surface area contributed by atoms with Gasteiger partial charge in [0.15, 0.2) is 6.10 Å². The molecule has 2 N–H and O–H groups in total. The van der Waals surface area contributed by atoms with Crippen molar-refractivity contribution in [2.45, 2.75) is 12.0 Å². The summed E-state index contributed by atoms with van der Waals surface area (Å²) in [5, 5.41) is 11.5. The van der Waals surface area contributed by atoms with Gasteiger partial charge in [-0.3, -0.25) is 4.79 Å². The fourth-order valence-electron chi connectivity index (χ4n) is 3.95. The third-order valence-corrected chi connectivity index (χ3v) is 5.49. The van der Waals surface area contributed by atoms with Crippen LogP contribution in [0.1, 0.15) is 17.0 Å². The van der Waals surface area contributed by atoms with Gasteiger partial charge in [-0.15, -0.1) is 0 Å². The number of morpholine rings is 1. The third kappa shape index (κ3) is 4.58. The van der Waals surface area contributed by atoms with E-state index in [4.69, 9.17) is 14.6 Å². The number of hydrogen-bond acceptors (Lipinski definition) is 5. The lowest BCUT2D eigenvalue weighted by molar-refractivity contribution is -0.158. The maximum atomic E-state index is 12.1. The van der Waals surface area contributed by atoms with E-state index in [1.165, 1.54) is 4.90 Å². The number of rotatable bonds is 4. The molecule has 0 radical (unpaired) electrons. The van der Waals surface area contributed by atoms with Crippen molar-refractivity contribution in [1.82, 2.24) is 10.2 Å². The number of carbonyl (C=O) groups excluding carboxylic acids is 2. The fraction of sp³-hybridized carbons (Fsp3) is 0.292. The molecule has 1 saturated heterocycles. The van der Waals surface area contributed by atoms with E-state index in [1.807, 2.05) is 36.4 Å². The van der Waals surface area contributed by atoms with E-state index in [9.17, 15) is 14.4 Å². The van der Waals surface area contributed by atoms with Crippen molar-refractivity contribution >= 4 is 18.0 Å². The Kier molecular flexibility index (Phi) is 6.38. The molecule has 32 heavy (non-hydrogen) atoms. The van der Waals surface area contributed by atoms with Crippen LogP contribution in [0.2, 0.25) is 0 Å². The van der Waals surface area contributed by atoms with Crippen molar-refractivity contribution in [2.75, 3.05) is 32.8 Å². The Bertz CT molecular complexity index is 1060. The predicted octanol–water partition coefficient (Wildman–Crippen LogP) is 1.84. The van der Waals surface area contributed by atoms with Gasteiger partial charge in [-0.05, 0) is 28.2 Å². The number of hydrogen-bond donors (Lipinski definition) is 2. The summed E-state index contributed by atoms with van der Waals surface area (Å²) in [5.41, 5.74) is 4.54. The van der Waals surface area contributed by atoms with Crippen molar-refractivity contribution < 1.29 is 29.0 Å². The predicted molar refractivity (Wildman–Crippen MR) is 115 cm³/mol. The lowest BCUT2D eigenvalue weighted by atomic mass is 9.98. The largest absolute Gasteiger partial charge is 0.479 e. The van der Waals surface area contributed by atoms with Crippen LogP contribution in [0.25, 0.3) is 11.1 Å². The number of benzene rings is 2. The standard InChI is InChI=1S/C24H22N2O6/c27-22(26-12-13-31-21(14-26)23(28)29)10-5-11-25-24(30)32-15-20-18-8-3-1-6-16(18)17-7-2-4-9-19(17)20/h1-4,6-9,20-21H,11-15H2,(H,25,30)(H,28,29). The number of ether oxygens (including phenoxy) is 2. The van der Waals surface area contributed by atoms with Gasteiger partial charge in [0.1, 0.15) is 6.61 Å². The molecule has 1 fully saturated rings. The summed E-state index contributed by atoms with van der Waals surface area (Å²) in [6.07, 6.45) is -1.67. The third-order valence-electron chi connectivity index (χ3n) is 5.49. The molecule has 2 amide bonds. The molecule has 8 nitrogen and oxygen atoms in total. The first-order valence-corrected chi connectivity index (χ1v) is 10.3. The van der Waals surface area contributed by atoms with E-state index in [0.29, 0.717) is 0 Å². The van der Waals surface area contributed by atoms with Gasteiger partial charge in [0.2, 0.25) is 0 Å². The Morgan fingerprint density at radius 3 is 2.41 bits per heavy atom. The number of amides is 2. The normalized spacial score (nSPS) is 16.9. The topological polar surface area (TPSA) is 105 Å². The van der Waals surface area contributed by atoms with E-state index >= 15 is 0 Å². The molecule has 164 valence electrons. The first-order chi connectivity index (χ1) is 15.5. The molecule has 1 aliphatic carbocycles. The molecule has 4 rings (SSSR count). The molecule has 1 unspecified atom stereocenters. The maximum absolute atomic E-state index is 12.1. The van der Waals surface area contributed by atoms with Crippen molar-refractivity contribution in [3.63, 3.8) is 0 Å². The minimum Gasteiger partial charge on any atom is -0.479 e. The van der Waals surface area contributed by atoms with Gasteiger partial charge in [0, 0.05) is 12.5 Å². The summed E-state index contributed by atoms with van der Waals surface area (Å²) in [5.74, 6) is 3.32. The van der Waals surface area contributed by atoms with Gasteiger partial charge in [-0.2, -0.15) is 0 Å². The average Bonchev–Trinajstić information content (AvgIpc) is 3.14. The lowest BCUT2D eigenvalue weighted by Gasteiger charge is -2.29. The van der Waals surface area contributed by atoms with Crippen LogP contribution in [0.3, 0.4) is 0 Å². The Morgan fingerprint density at radius 1 is 1.09 bits per heavy atom. The molecule has 0 spiro atoms. The first kappa shape index (κ1) is 21.4. The molecule has 0 saturated carbocycles. The zero-order valence-electron chi connectivity index (χ0n) is 17.2.